The van der Waals surface area contributed by atoms with E-state index in [-0.39, 0.29) is 23.0 Å². The Morgan fingerprint density at radius 3 is 2.40 bits per heavy atom. The number of nitrogens with zero attached hydrogens (tertiary/aromatic N) is 1. The van der Waals surface area contributed by atoms with Crippen molar-refractivity contribution >= 4 is 15.8 Å². The zero-order valence-electron chi connectivity index (χ0n) is 18.3. The van der Waals surface area contributed by atoms with Crippen LogP contribution in [0.3, 0.4) is 0 Å². The first kappa shape index (κ1) is 21.8. The second kappa shape index (κ2) is 7.92. The molecule has 1 aromatic rings. The summed E-state index contributed by atoms with van der Waals surface area (Å²) in [6.07, 6.45) is 4.44. The Labute approximate surface area is 180 Å². The first-order chi connectivity index (χ1) is 14.2. The molecule has 0 amide bonds. The molecule has 1 aliphatic heterocycles. The summed E-state index contributed by atoms with van der Waals surface area (Å²) in [6, 6.07) is 7.85. The number of hydrogen-bond acceptors (Lipinski definition) is 5. The smallest absolute Gasteiger partial charge is 0.212 e. The number of rotatable bonds is 8. The highest BCUT2D eigenvalue weighted by Gasteiger charge is 2.65. The van der Waals surface area contributed by atoms with Gasteiger partial charge in [0.05, 0.1) is 12.9 Å². The lowest BCUT2D eigenvalue weighted by molar-refractivity contribution is -0.128. The van der Waals surface area contributed by atoms with Gasteiger partial charge in [-0.3, -0.25) is 9.69 Å². The molecule has 30 heavy (non-hydrogen) atoms. The van der Waals surface area contributed by atoms with E-state index in [4.69, 9.17) is 4.74 Å². The number of carbonyl (C=O) groups excluding carboxylic acids is 1. The number of Topliss-reactive ketones (excluding diaryl/α,β-unsaturated/α-hetero) is 1. The van der Waals surface area contributed by atoms with Crippen LogP contribution in [-0.2, 0) is 14.8 Å². The Balaban J connectivity index is 1.50. The molecule has 0 radical (unpaired) electrons. The third-order valence-electron chi connectivity index (χ3n) is 8.15. The molecule has 7 heteroatoms. The highest BCUT2D eigenvalue weighted by molar-refractivity contribution is 7.89. The third-order valence-corrected chi connectivity index (χ3v) is 9.63. The van der Waals surface area contributed by atoms with Crippen LogP contribution in [0.25, 0.3) is 0 Å². The lowest BCUT2D eigenvalue weighted by Gasteiger charge is -2.36. The molecule has 2 saturated carbocycles. The third kappa shape index (κ3) is 3.69. The van der Waals surface area contributed by atoms with E-state index in [2.05, 4.69) is 23.5 Å². The molecule has 4 rings (SSSR count). The lowest BCUT2D eigenvalue weighted by atomic mass is 9.70. The van der Waals surface area contributed by atoms with Gasteiger partial charge < -0.3 is 4.74 Å². The van der Waals surface area contributed by atoms with E-state index in [9.17, 15) is 13.2 Å². The van der Waals surface area contributed by atoms with Crippen LogP contribution in [0, 0.1) is 16.7 Å². The van der Waals surface area contributed by atoms with Gasteiger partial charge in [-0.05, 0) is 67.8 Å². The van der Waals surface area contributed by atoms with E-state index in [1.807, 2.05) is 24.3 Å². The number of fused-ring (bicyclic) bond motifs is 2. The summed E-state index contributed by atoms with van der Waals surface area (Å²) in [5.74, 6) is 1.16. The van der Waals surface area contributed by atoms with Crippen molar-refractivity contribution in [3.8, 4) is 5.75 Å². The Kier molecular flexibility index (Phi) is 5.75. The van der Waals surface area contributed by atoms with Crippen molar-refractivity contribution in [1.29, 1.82) is 0 Å². The number of likely N-dealkylation sites (tertiary alicyclic amines) is 1. The lowest BCUT2D eigenvalue weighted by Crippen LogP contribution is -2.46. The number of methoxy groups -OCH3 is 1. The summed E-state index contributed by atoms with van der Waals surface area (Å²) in [4.78, 5) is 15.1. The molecule has 1 N–H and O–H groups in total. The fourth-order valence-corrected chi connectivity index (χ4v) is 7.87. The highest BCUT2D eigenvalue weighted by Crippen LogP contribution is 2.64. The molecule has 6 nitrogen and oxygen atoms in total. The van der Waals surface area contributed by atoms with E-state index >= 15 is 0 Å². The fraction of sp³-hybridized carbons (Fsp3) is 0.696. The van der Waals surface area contributed by atoms with Crippen LogP contribution in [0.1, 0.15) is 57.6 Å². The van der Waals surface area contributed by atoms with E-state index in [1.54, 1.807) is 7.11 Å². The Morgan fingerprint density at radius 1 is 1.20 bits per heavy atom. The van der Waals surface area contributed by atoms with Gasteiger partial charge in [0.15, 0.2) is 0 Å². The average molecular weight is 435 g/mol. The molecule has 0 aromatic heterocycles. The van der Waals surface area contributed by atoms with Crippen molar-refractivity contribution in [2.75, 3.05) is 32.5 Å². The maximum atomic E-state index is 13.2. The minimum Gasteiger partial charge on any atom is -0.497 e. The summed E-state index contributed by atoms with van der Waals surface area (Å²) in [6.45, 7) is 6.42. The van der Waals surface area contributed by atoms with Gasteiger partial charge in [-0.2, -0.15) is 0 Å². The molecular formula is C23H34N2O4S. The number of ether oxygens (including phenoxy) is 1. The summed E-state index contributed by atoms with van der Waals surface area (Å²) in [5, 5.41) is 0. The summed E-state index contributed by atoms with van der Waals surface area (Å²) < 4.78 is 34.4. The van der Waals surface area contributed by atoms with E-state index < -0.39 is 15.4 Å². The van der Waals surface area contributed by atoms with Crippen LogP contribution >= 0.6 is 0 Å². The van der Waals surface area contributed by atoms with E-state index in [0.717, 1.165) is 43.7 Å². The van der Waals surface area contributed by atoms with Crippen molar-refractivity contribution in [2.45, 2.75) is 52.0 Å². The maximum absolute atomic E-state index is 13.2. The molecule has 166 valence electrons. The van der Waals surface area contributed by atoms with E-state index in [1.165, 1.54) is 0 Å². The van der Waals surface area contributed by atoms with Gasteiger partial charge in [0.25, 0.3) is 0 Å². The number of benzene rings is 1. The number of nitrogens with one attached hydrogen (secondary N) is 1. The standard InChI is InChI=1S/C23H34N2O4S/c1-22(2)18-10-11-23(22,21(26)14-18)16-30(27,28)24-15-20(25-12-4-5-13-25)17-6-8-19(29-3)9-7-17/h6-9,18,20,24H,4-5,10-16H2,1-3H3. The SMILES string of the molecule is COc1ccc(C(CNS(=O)(=O)CC23CCC(CC2=O)C3(C)C)N2CCCC2)cc1. The molecule has 1 aromatic carbocycles. The minimum absolute atomic E-state index is 0.0192. The molecule has 1 saturated heterocycles. The van der Waals surface area contributed by atoms with Gasteiger partial charge in [-0.25, -0.2) is 13.1 Å². The quantitative estimate of drug-likeness (QED) is 0.680. The monoisotopic (exact) mass is 434 g/mol. The molecular weight excluding hydrogens is 400 g/mol. The van der Waals surface area contributed by atoms with Gasteiger partial charge in [0.2, 0.25) is 10.0 Å². The Hall–Kier alpha value is -1.44. The topological polar surface area (TPSA) is 75.7 Å². The van der Waals surface area contributed by atoms with Crippen LogP contribution in [0.15, 0.2) is 24.3 Å². The van der Waals surface area contributed by atoms with Gasteiger partial charge >= 0.3 is 0 Å². The van der Waals surface area contributed by atoms with Crippen molar-refractivity contribution < 1.29 is 17.9 Å². The van der Waals surface area contributed by atoms with Crippen molar-refractivity contribution in [3.63, 3.8) is 0 Å². The normalized spacial score (nSPS) is 29.4. The molecule has 2 aliphatic carbocycles. The van der Waals surface area contributed by atoms with Gasteiger partial charge in [-0.15, -0.1) is 0 Å². The Bertz CT molecular complexity index is 890. The van der Waals surface area contributed by atoms with Crippen molar-refractivity contribution in [2.24, 2.45) is 16.7 Å². The molecule has 3 atom stereocenters. The van der Waals surface area contributed by atoms with Gasteiger partial charge in [0.1, 0.15) is 11.5 Å². The van der Waals surface area contributed by atoms with Crippen LogP contribution in [-0.4, -0.2) is 51.6 Å². The molecule has 3 aliphatic rings. The predicted octanol–water partition coefficient (Wildman–Crippen LogP) is 3.15. The summed E-state index contributed by atoms with van der Waals surface area (Å²) >= 11 is 0. The zero-order valence-corrected chi connectivity index (χ0v) is 19.1. The first-order valence-electron chi connectivity index (χ1n) is 11.1. The van der Waals surface area contributed by atoms with Crippen molar-refractivity contribution in [1.82, 2.24) is 9.62 Å². The van der Waals surface area contributed by atoms with Crippen LogP contribution in [0.5, 0.6) is 5.75 Å². The van der Waals surface area contributed by atoms with Gasteiger partial charge in [0, 0.05) is 24.4 Å². The van der Waals surface area contributed by atoms with E-state index in [0.29, 0.717) is 25.3 Å². The molecule has 2 bridgehead atoms. The number of ketones is 1. The fourth-order valence-electron chi connectivity index (χ4n) is 6.03. The largest absolute Gasteiger partial charge is 0.497 e. The van der Waals surface area contributed by atoms with Crippen LogP contribution < -0.4 is 9.46 Å². The molecule has 3 unspecified atom stereocenters. The van der Waals surface area contributed by atoms with Gasteiger partial charge in [-0.1, -0.05) is 26.0 Å². The summed E-state index contributed by atoms with van der Waals surface area (Å²) in [5.41, 5.74) is 0.104. The molecule has 0 spiro atoms. The number of sulfonamides is 1. The average Bonchev–Trinajstić information content (AvgIpc) is 3.35. The zero-order chi connectivity index (χ0) is 21.6. The first-order valence-corrected chi connectivity index (χ1v) is 12.7. The second-order valence-corrected chi connectivity index (χ2v) is 11.6. The number of carbonyl (C=O) groups is 1. The molecule has 3 fully saturated rings. The predicted molar refractivity (Wildman–Crippen MR) is 117 cm³/mol. The number of hydrogen-bond donors (Lipinski definition) is 1. The van der Waals surface area contributed by atoms with Crippen LogP contribution in [0.4, 0.5) is 0 Å². The van der Waals surface area contributed by atoms with Crippen molar-refractivity contribution in [3.05, 3.63) is 29.8 Å². The maximum Gasteiger partial charge on any atom is 0.212 e. The second-order valence-electron chi connectivity index (χ2n) is 9.81. The van der Waals surface area contributed by atoms with Crippen LogP contribution in [0.2, 0.25) is 0 Å². The Morgan fingerprint density at radius 2 is 1.87 bits per heavy atom. The summed E-state index contributed by atoms with van der Waals surface area (Å²) in [7, 11) is -1.94. The molecule has 1 heterocycles. The highest BCUT2D eigenvalue weighted by atomic mass is 32.2. The minimum atomic E-state index is -3.58.